The van der Waals surface area contributed by atoms with Gasteiger partial charge in [-0.3, -0.25) is 0 Å². The van der Waals surface area contributed by atoms with Gasteiger partial charge in [0.25, 0.3) is 0 Å². The summed E-state index contributed by atoms with van der Waals surface area (Å²) in [5.74, 6) is 2.49. The Morgan fingerprint density at radius 3 is 2.84 bits per heavy atom. The van der Waals surface area contributed by atoms with E-state index in [0.29, 0.717) is 30.5 Å². The normalized spacial score (nSPS) is 16.2. The van der Waals surface area contributed by atoms with Crippen LogP contribution in [0.15, 0.2) is 59.3 Å². The lowest BCUT2D eigenvalue weighted by Crippen LogP contribution is -2.22. The Balaban J connectivity index is 1.37. The van der Waals surface area contributed by atoms with Crippen LogP contribution in [0.2, 0.25) is 0 Å². The largest absolute Gasteiger partial charge is 0.485 e. The highest BCUT2D eigenvalue weighted by molar-refractivity contribution is 5.83. The molecule has 0 saturated carbocycles. The van der Waals surface area contributed by atoms with Crippen LogP contribution >= 0.6 is 0 Å². The third-order valence-corrected chi connectivity index (χ3v) is 4.30. The van der Waals surface area contributed by atoms with Gasteiger partial charge in [0.2, 0.25) is 11.7 Å². The van der Waals surface area contributed by atoms with Crippen LogP contribution in [-0.4, -0.2) is 21.7 Å². The number of hydrogen-bond acceptors (Lipinski definition) is 5. The fourth-order valence-corrected chi connectivity index (χ4v) is 3.06. The third kappa shape index (κ3) is 2.52. The molecule has 124 valence electrons. The van der Waals surface area contributed by atoms with Gasteiger partial charge in [-0.1, -0.05) is 35.5 Å². The van der Waals surface area contributed by atoms with Crippen molar-refractivity contribution in [1.29, 1.82) is 0 Å². The predicted molar refractivity (Wildman–Crippen MR) is 90.7 cm³/mol. The van der Waals surface area contributed by atoms with Crippen LogP contribution in [0.3, 0.4) is 0 Å². The van der Waals surface area contributed by atoms with Crippen molar-refractivity contribution in [3.63, 3.8) is 0 Å². The molecule has 1 unspecified atom stereocenters. The second kappa shape index (κ2) is 5.66. The molecule has 1 atom stereocenters. The van der Waals surface area contributed by atoms with Crippen LogP contribution in [0.1, 0.15) is 23.4 Å². The van der Waals surface area contributed by atoms with E-state index in [1.54, 1.807) is 0 Å². The number of aromatic amines is 1. The Bertz CT molecular complexity index is 1040. The summed E-state index contributed by atoms with van der Waals surface area (Å²) in [7, 11) is 0. The average Bonchev–Trinajstić information content (AvgIpc) is 3.29. The maximum absolute atomic E-state index is 5.92. The number of hydrogen-bond donors (Lipinski definition) is 1. The molecule has 1 N–H and O–H groups in total. The van der Waals surface area contributed by atoms with Gasteiger partial charge in [0.05, 0.1) is 6.42 Å². The van der Waals surface area contributed by atoms with Crippen LogP contribution in [0.4, 0.5) is 0 Å². The van der Waals surface area contributed by atoms with E-state index in [-0.39, 0.29) is 6.10 Å². The highest BCUT2D eigenvalue weighted by atomic mass is 16.6. The molecule has 0 amide bonds. The van der Waals surface area contributed by atoms with Crippen molar-refractivity contribution in [1.82, 2.24) is 15.1 Å². The van der Waals surface area contributed by atoms with Gasteiger partial charge in [-0.2, -0.15) is 4.98 Å². The highest BCUT2D eigenvalue weighted by Gasteiger charge is 2.26. The Hall–Kier alpha value is -3.28. The number of rotatable bonds is 3. The van der Waals surface area contributed by atoms with Crippen molar-refractivity contribution >= 4 is 10.9 Å². The first kappa shape index (κ1) is 14.1. The van der Waals surface area contributed by atoms with Gasteiger partial charge < -0.3 is 19.0 Å². The molecule has 6 heteroatoms. The van der Waals surface area contributed by atoms with Gasteiger partial charge in [-0.15, -0.1) is 0 Å². The molecule has 0 saturated heterocycles. The first-order valence-corrected chi connectivity index (χ1v) is 8.13. The van der Waals surface area contributed by atoms with E-state index in [2.05, 4.69) is 21.2 Å². The minimum Gasteiger partial charge on any atom is -0.485 e. The molecular weight excluding hydrogens is 318 g/mol. The number of H-pyrrole nitrogens is 1. The van der Waals surface area contributed by atoms with E-state index < -0.39 is 0 Å². The summed E-state index contributed by atoms with van der Waals surface area (Å²) in [6.45, 7) is 0.364. The molecule has 4 aromatic rings. The van der Waals surface area contributed by atoms with E-state index in [0.717, 1.165) is 22.2 Å². The SMILES string of the molecule is c1ccc2c(c1)OCC(c1noc(Cc3c[nH]c4ccccc34)n1)O2. The minimum absolute atomic E-state index is 0.364. The third-order valence-electron chi connectivity index (χ3n) is 4.30. The fourth-order valence-electron chi connectivity index (χ4n) is 3.06. The summed E-state index contributed by atoms with van der Waals surface area (Å²) < 4.78 is 17.0. The molecule has 1 aliphatic rings. The molecule has 2 aromatic heterocycles. The molecule has 3 heterocycles. The zero-order valence-electron chi connectivity index (χ0n) is 13.3. The smallest absolute Gasteiger partial charge is 0.231 e. The Morgan fingerprint density at radius 1 is 1.04 bits per heavy atom. The van der Waals surface area contributed by atoms with Gasteiger partial charge in [0, 0.05) is 17.1 Å². The Morgan fingerprint density at radius 2 is 1.88 bits per heavy atom. The second-order valence-electron chi connectivity index (χ2n) is 5.95. The van der Waals surface area contributed by atoms with E-state index in [4.69, 9.17) is 14.0 Å². The number of benzene rings is 2. The van der Waals surface area contributed by atoms with E-state index in [9.17, 15) is 0 Å². The van der Waals surface area contributed by atoms with Crippen LogP contribution in [-0.2, 0) is 6.42 Å². The number of nitrogens with one attached hydrogen (secondary N) is 1. The van der Waals surface area contributed by atoms with Crippen molar-refractivity contribution < 1.29 is 14.0 Å². The van der Waals surface area contributed by atoms with Gasteiger partial charge in [-0.05, 0) is 23.8 Å². The molecule has 1 aliphatic heterocycles. The molecule has 6 nitrogen and oxygen atoms in total. The van der Waals surface area contributed by atoms with Crippen molar-refractivity contribution in [2.45, 2.75) is 12.5 Å². The fraction of sp³-hybridized carbons (Fsp3) is 0.158. The Labute approximate surface area is 143 Å². The number of aromatic nitrogens is 3. The van der Waals surface area contributed by atoms with Gasteiger partial charge >= 0.3 is 0 Å². The molecule has 0 fully saturated rings. The van der Waals surface area contributed by atoms with Crippen LogP contribution in [0.25, 0.3) is 10.9 Å². The maximum atomic E-state index is 5.92. The number of ether oxygens (including phenoxy) is 2. The molecule has 0 radical (unpaired) electrons. The maximum Gasteiger partial charge on any atom is 0.231 e. The second-order valence-corrected chi connectivity index (χ2v) is 5.95. The van der Waals surface area contributed by atoms with Crippen molar-refractivity contribution in [2.24, 2.45) is 0 Å². The molecule has 0 spiro atoms. The molecule has 0 bridgehead atoms. The Kier molecular flexibility index (Phi) is 3.19. The summed E-state index contributed by atoms with van der Waals surface area (Å²) in [5, 5.41) is 5.23. The summed E-state index contributed by atoms with van der Waals surface area (Å²) >= 11 is 0. The first-order valence-electron chi connectivity index (χ1n) is 8.13. The van der Waals surface area contributed by atoms with Crippen molar-refractivity contribution in [3.05, 3.63) is 72.0 Å². The predicted octanol–water partition coefficient (Wildman–Crippen LogP) is 3.65. The molecule has 25 heavy (non-hydrogen) atoms. The summed E-state index contributed by atoms with van der Waals surface area (Å²) in [6.07, 6.45) is 2.18. The first-order chi connectivity index (χ1) is 12.4. The zero-order chi connectivity index (χ0) is 16.6. The summed E-state index contributed by atoms with van der Waals surface area (Å²) in [5.41, 5.74) is 2.22. The molecule has 2 aromatic carbocycles. The van der Waals surface area contributed by atoms with E-state index in [1.165, 1.54) is 0 Å². The number of fused-ring (bicyclic) bond motifs is 2. The molecule has 5 rings (SSSR count). The monoisotopic (exact) mass is 333 g/mol. The summed E-state index contributed by atoms with van der Waals surface area (Å²) in [6, 6.07) is 15.7. The average molecular weight is 333 g/mol. The van der Waals surface area contributed by atoms with Crippen LogP contribution in [0, 0.1) is 0 Å². The molecular formula is C19H15N3O3. The lowest BCUT2D eigenvalue weighted by atomic mass is 10.1. The highest BCUT2D eigenvalue weighted by Crippen LogP contribution is 2.35. The van der Waals surface area contributed by atoms with Gasteiger partial charge in [0.1, 0.15) is 6.61 Å². The topological polar surface area (TPSA) is 73.2 Å². The lowest BCUT2D eigenvalue weighted by molar-refractivity contribution is 0.0832. The number of nitrogens with zero attached hydrogens (tertiary/aromatic N) is 2. The van der Waals surface area contributed by atoms with Crippen LogP contribution < -0.4 is 9.47 Å². The van der Waals surface area contributed by atoms with Gasteiger partial charge in [0.15, 0.2) is 17.6 Å². The number of para-hydroxylation sites is 3. The van der Waals surface area contributed by atoms with Crippen molar-refractivity contribution in [3.8, 4) is 11.5 Å². The molecule has 0 aliphatic carbocycles. The minimum atomic E-state index is -0.365. The summed E-state index contributed by atoms with van der Waals surface area (Å²) in [4.78, 5) is 7.75. The van der Waals surface area contributed by atoms with Crippen molar-refractivity contribution in [2.75, 3.05) is 6.61 Å². The lowest BCUT2D eigenvalue weighted by Gasteiger charge is -2.24. The van der Waals surface area contributed by atoms with Crippen LogP contribution in [0.5, 0.6) is 11.5 Å². The van der Waals surface area contributed by atoms with E-state index >= 15 is 0 Å². The standard InChI is InChI=1S/C19H15N3O3/c1-2-6-14-13(5-1)12(10-20-14)9-18-21-19(22-25-18)17-11-23-15-7-3-4-8-16(15)24-17/h1-8,10,17,20H,9,11H2. The van der Waals surface area contributed by atoms with E-state index in [1.807, 2.05) is 48.7 Å². The zero-order valence-corrected chi connectivity index (χ0v) is 13.3. The van der Waals surface area contributed by atoms with Gasteiger partial charge in [-0.25, -0.2) is 0 Å². The quantitative estimate of drug-likeness (QED) is 0.619.